The van der Waals surface area contributed by atoms with Crippen LogP contribution in [0.1, 0.15) is 12.8 Å². The zero-order valence-corrected chi connectivity index (χ0v) is 15.0. The van der Waals surface area contributed by atoms with Gasteiger partial charge in [0, 0.05) is 23.8 Å². The number of anilines is 1. The van der Waals surface area contributed by atoms with Crippen molar-refractivity contribution in [2.24, 2.45) is 11.7 Å². The Morgan fingerprint density at radius 1 is 1.41 bits per heavy atom. The molecular weight excluding hydrogens is 395 g/mol. The first-order valence-corrected chi connectivity index (χ1v) is 7.29. The van der Waals surface area contributed by atoms with Crippen molar-refractivity contribution < 1.29 is 9.59 Å². The zero-order chi connectivity index (χ0) is 14.5. The molecule has 1 aromatic heterocycles. The third-order valence-corrected chi connectivity index (χ3v) is 3.77. The summed E-state index contributed by atoms with van der Waals surface area (Å²) in [6.07, 6.45) is 3.22. The second-order valence-corrected chi connectivity index (χ2v) is 5.65. The van der Waals surface area contributed by atoms with Gasteiger partial charge in [0.15, 0.2) is 0 Å². The van der Waals surface area contributed by atoms with Crippen molar-refractivity contribution in [3.63, 3.8) is 0 Å². The van der Waals surface area contributed by atoms with Crippen LogP contribution in [0.3, 0.4) is 0 Å². The standard InChI is InChI=1S/C13H17BrN4O2.2ClH/c14-10-3-4-11(16-7-10)17-13(20)9-2-1-5-18(8-9)12(19)6-15;;/h3-4,7,9H,1-2,5-6,8,15H2,(H,16,17,20);2*1H. The minimum atomic E-state index is -0.204. The molecule has 22 heavy (non-hydrogen) atoms. The SMILES string of the molecule is Cl.Cl.NCC(=O)N1CCCC(C(=O)Nc2ccc(Br)cn2)C1. The van der Waals surface area contributed by atoms with Gasteiger partial charge in [0.1, 0.15) is 5.82 Å². The maximum absolute atomic E-state index is 12.2. The number of carbonyl (C=O) groups excluding carboxylic acids is 2. The van der Waals surface area contributed by atoms with Crippen molar-refractivity contribution in [2.75, 3.05) is 25.0 Å². The maximum Gasteiger partial charge on any atom is 0.236 e. The van der Waals surface area contributed by atoms with Crippen molar-refractivity contribution in [3.05, 3.63) is 22.8 Å². The molecule has 0 aromatic carbocycles. The topological polar surface area (TPSA) is 88.3 Å². The van der Waals surface area contributed by atoms with Crippen LogP contribution >= 0.6 is 40.7 Å². The molecule has 9 heteroatoms. The van der Waals surface area contributed by atoms with Gasteiger partial charge >= 0.3 is 0 Å². The maximum atomic E-state index is 12.2. The number of carbonyl (C=O) groups is 2. The van der Waals surface area contributed by atoms with Crippen LogP contribution in [0.15, 0.2) is 22.8 Å². The molecule has 1 fully saturated rings. The highest BCUT2D eigenvalue weighted by molar-refractivity contribution is 9.10. The smallest absolute Gasteiger partial charge is 0.236 e. The summed E-state index contributed by atoms with van der Waals surface area (Å²) in [5.74, 6) is 0.101. The molecule has 1 aromatic rings. The third-order valence-electron chi connectivity index (χ3n) is 3.30. The molecule has 1 saturated heterocycles. The highest BCUT2D eigenvalue weighted by Gasteiger charge is 2.27. The summed E-state index contributed by atoms with van der Waals surface area (Å²) in [7, 11) is 0. The predicted molar refractivity (Wildman–Crippen MR) is 93.4 cm³/mol. The summed E-state index contributed by atoms with van der Waals surface area (Å²) in [5.41, 5.74) is 5.36. The molecule has 2 amide bonds. The molecule has 1 aliphatic rings. The minimum absolute atomic E-state index is 0. The summed E-state index contributed by atoms with van der Waals surface area (Å²) < 4.78 is 0.855. The molecule has 0 bridgehead atoms. The molecule has 1 aliphatic heterocycles. The van der Waals surface area contributed by atoms with Gasteiger partial charge in [-0.05, 0) is 40.9 Å². The van der Waals surface area contributed by atoms with Crippen LogP contribution in [-0.4, -0.2) is 41.3 Å². The highest BCUT2D eigenvalue weighted by atomic mass is 79.9. The summed E-state index contributed by atoms with van der Waals surface area (Å²) in [5, 5.41) is 2.78. The third kappa shape index (κ3) is 5.72. The number of nitrogens with two attached hydrogens (primary N) is 1. The number of hydrogen-bond donors (Lipinski definition) is 2. The molecule has 3 N–H and O–H groups in total. The van der Waals surface area contributed by atoms with Crippen molar-refractivity contribution in [1.29, 1.82) is 0 Å². The minimum Gasteiger partial charge on any atom is -0.341 e. The highest BCUT2D eigenvalue weighted by Crippen LogP contribution is 2.18. The van der Waals surface area contributed by atoms with E-state index in [0.29, 0.717) is 18.9 Å². The quantitative estimate of drug-likeness (QED) is 0.790. The Morgan fingerprint density at radius 2 is 2.14 bits per heavy atom. The summed E-state index contributed by atoms with van der Waals surface area (Å²) in [4.78, 5) is 29.5. The summed E-state index contributed by atoms with van der Waals surface area (Å²) in [6, 6.07) is 3.54. The molecule has 6 nitrogen and oxygen atoms in total. The molecule has 2 rings (SSSR count). The fourth-order valence-corrected chi connectivity index (χ4v) is 2.46. The zero-order valence-electron chi connectivity index (χ0n) is 11.8. The van der Waals surface area contributed by atoms with E-state index in [-0.39, 0.29) is 49.1 Å². The Kier molecular flexibility index (Phi) is 9.59. The van der Waals surface area contributed by atoms with Gasteiger partial charge < -0.3 is 16.0 Å². The van der Waals surface area contributed by atoms with Gasteiger partial charge in [-0.15, -0.1) is 24.8 Å². The van der Waals surface area contributed by atoms with Gasteiger partial charge in [0.05, 0.1) is 12.5 Å². The molecule has 124 valence electrons. The lowest BCUT2D eigenvalue weighted by molar-refractivity contribution is -0.133. The number of nitrogens with zero attached hydrogens (tertiary/aromatic N) is 2. The Balaban J connectivity index is 0.00000220. The molecule has 2 heterocycles. The molecule has 1 atom stereocenters. The van der Waals surface area contributed by atoms with E-state index in [9.17, 15) is 9.59 Å². The Hall–Kier alpha value is -0.890. The Bertz CT molecular complexity index is 501. The van der Waals surface area contributed by atoms with Crippen LogP contribution in [0.5, 0.6) is 0 Å². The van der Waals surface area contributed by atoms with Gasteiger partial charge in [0.25, 0.3) is 0 Å². The number of rotatable bonds is 3. The Labute approximate surface area is 150 Å². The number of piperidine rings is 1. The van der Waals surface area contributed by atoms with Gasteiger partial charge in [-0.25, -0.2) is 4.98 Å². The van der Waals surface area contributed by atoms with Crippen molar-refractivity contribution in [1.82, 2.24) is 9.88 Å². The van der Waals surface area contributed by atoms with Gasteiger partial charge in [-0.1, -0.05) is 0 Å². The van der Waals surface area contributed by atoms with Crippen LogP contribution in [0.25, 0.3) is 0 Å². The lowest BCUT2D eigenvalue weighted by Gasteiger charge is -2.31. The van der Waals surface area contributed by atoms with E-state index in [1.807, 2.05) is 6.07 Å². The van der Waals surface area contributed by atoms with E-state index in [0.717, 1.165) is 17.3 Å². The fourth-order valence-electron chi connectivity index (χ4n) is 2.22. The average Bonchev–Trinajstić information content (AvgIpc) is 2.49. The second-order valence-electron chi connectivity index (χ2n) is 4.73. The number of pyridine rings is 1. The van der Waals surface area contributed by atoms with E-state index >= 15 is 0 Å². The van der Waals surface area contributed by atoms with Crippen molar-refractivity contribution >= 4 is 58.4 Å². The second kappa shape index (κ2) is 9.99. The van der Waals surface area contributed by atoms with Gasteiger partial charge in [0.2, 0.25) is 11.8 Å². The first kappa shape index (κ1) is 21.1. The Morgan fingerprint density at radius 3 is 2.73 bits per heavy atom. The lowest BCUT2D eigenvalue weighted by atomic mass is 9.97. The van der Waals surface area contributed by atoms with Gasteiger partial charge in [-0.2, -0.15) is 0 Å². The van der Waals surface area contributed by atoms with Crippen LogP contribution in [0.2, 0.25) is 0 Å². The van der Waals surface area contributed by atoms with E-state index < -0.39 is 0 Å². The number of nitrogens with one attached hydrogen (secondary N) is 1. The number of aromatic nitrogens is 1. The number of amides is 2. The normalized spacial score (nSPS) is 17.0. The monoisotopic (exact) mass is 412 g/mol. The summed E-state index contributed by atoms with van der Waals surface area (Å²) in [6.45, 7) is 1.09. The van der Waals surface area contributed by atoms with E-state index in [4.69, 9.17) is 5.73 Å². The molecule has 0 radical (unpaired) electrons. The fraction of sp³-hybridized carbons (Fsp3) is 0.462. The van der Waals surface area contributed by atoms with Gasteiger partial charge in [-0.3, -0.25) is 9.59 Å². The van der Waals surface area contributed by atoms with E-state index in [1.54, 1.807) is 17.2 Å². The van der Waals surface area contributed by atoms with E-state index in [1.165, 1.54) is 0 Å². The molecule has 1 unspecified atom stereocenters. The predicted octanol–water partition coefficient (Wildman–Crippen LogP) is 1.82. The largest absolute Gasteiger partial charge is 0.341 e. The molecule has 0 saturated carbocycles. The van der Waals surface area contributed by atoms with Crippen LogP contribution in [-0.2, 0) is 9.59 Å². The summed E-state index contributed by atoms with van der Waals surface area (Å²) >= 11 is 3.29. The molecule has 0 spiro atoms. The number of likely N-dealkylation sites (tertiary alicyclic amines) is 1. The van der Waals surface area contributed by atoms with Crippen molar-refractivity contribution in [3.8, 4) is 0 Å². The average molecular weight is 414 g/mol. The van der Waals surface area contributed by atoms with Crippen LogP contribution in [0, 0.1) is 5.92 Å². The number of hydrogen-bond acceptors (Lipinski definition) is 4. The first-order valence-electron chi connectivity index (χ1n) is 6.50. The van der Waals surface area contributed by atoms with Crippen LogP contribution in [0.4, 0.5) is 5.82 Å². The number of halogens is 3. The van der Waals surface area contributed by atoms with E-state index in [2.05, 4.69) is 26.2 Å². The first-order chi connectivity index (χ1) is 9.60. The lowest BCUT2D eigenvalue weighted by Crippen LogP contribution is -2.45. The molecule has 0 aliphatic carbocycles. The van der Waals surface area contributed by atoms with Crippen molar-refractivity contribution in [2.45, 2.75) is 12.8 Å². The molecular formula is C13H19BrCl2N4O2. The van der Waals surface area contributed by atoms with Crippen LogP contribution < -0.4 is 11.1 Å².